The minimum atomic E-state index is -0.410. The van der Waals surface area contributed by atoms with E-state index < -0.39 is 11.1 Å². The van der Waals surface area contributed by atoms with Gasteiger partial charge < -0.3 is 15.0 Å². The summed E-state index contributed by atoms with van der Waals surface area (Å²) in [5.74, 6) is 1.26. The zero-order valence-corrected chi connectivity index (χ0v) is 11.7. The van der Waals surface area contributed by atoms with Crippen molar-refractivity contribution < 1.29 is 9.26 Å². The maximum atomic E-state index is 6.51. The summed E-state index contributed by atoms with van der Waals surface area (Å²) in [5, 5.41) is 4.15. The first-order chi connectivity index (χ1) is 9.12. The van der Waals surface area contributed by atoms with Crippen LogP contribution >= 0.6 is 0 Å². The maximum Gasteiger partial charge on any atom is 0.258 e. The molecule has 0 spiro atoms. The lowest BCUT2D eigenvalue weighted by Crippen LogP contribution is -2.37. The van der Waals surface area contributed by atoms with Crippen LogP contribution in [0, 0.1) is 0 Å². The molecule has 3 rings (SSSR count). The fraction of sp³-hybridized carbons (Fsp3) is 0.857. The third kappa shape index (κ3) is 2.41. The van der Waals surface area contributed by atoms with Crippen LogP contribution in [0.2, 0.25) is 0 Å². The number of nitrogens with two attached hydrogens (primary N) is 1. The van der Waals surface area contributed by atoms with E-state index >= 15 is 0 Å². The van der Waals surface area contributed by atoms with Crippen molar-refractivity contribution in [2.45, 2.75) is 69.4 Å². The molecule has 0 aromatic carbocycles. The Balaban J connectivity index is 1.83. The van der Waals surface area contributed by atoms with Crippen LogP contribution in [-0.4, -0.2) is 16.7 Å². The molecule has 1 aliphatic heterocycles. The molecule has 1 aromatic heterocycles. The van der Waals surface area contributed by atoms with Gasteiger partial charge in [-0.25, -0.2) is 0 Å². The minimum Gasteiger partial charge on any atom is -0.365 e. The van der Waals surface area contributed by atoms with E-state index in [9.17, 15) is 0 Å². The Bertz CT molecular complexity index is 430. The van der Waals surface area contributed by atoms with Crippen molar-refractivity contribution in [2.75, 3.05) is 6.61 Å². The molecule has 2 heterocycles. The van der Waals surface area contributed by atoms with Crippen LogP contribution < -0.4 is 5.73 Å². The molecule has 1 unspecified atom stereocenters. The number of nitrogens with zero attached hydrogens (tertiary/aromatic N) is 2. The van der Waals surface area contributed by atoms with Gasteiger partial charge in [0.2, 0.25) is 0 Å². The lowest BCUT2D eigenvalue weighted by molar-refractivity contribution is -0.00937. The van der Waals surface area contributed by atoms with E-state index in [0.29, 0.717) is 11.7 Å². The van der Waals surface area contributed by atoms with Gasteiger partial charge in [-0.15, -0.1) is 0 Å². The number of ether oxygens (including phenoxy) is 1. The molecule has 106 valence electrons. The molecule has 1 aliphatic carbocycles. The van der Waals surface area contributed by atoms with Crippen molar-refractivity contribution in [2.24, 2.45) is 5.73 Å². The van der Waals surface area contributed by atoms with Crippen LogP contribution in [0.15, 0.2) is 4.52 Å². The molecule has 5 nitrogen and oxygen atoms in total. The molecule has 0 bridgehead atoms. The van der Waals surface area contributed by atoms with E-state index in [4.69, 9.17) is 15.0 Å². The monoisotopic (exact) mass is 265 g/mol. The van der Waals surface area contributed by atoms with Gasteiger partial charge >= 0.3 is 0 Å². The fourth-order valence-corrected chi connectivity index (χ4v) is 3.17. The standard InChI is InChI=1S/C14H23N3O2/c1-13(7-6-10-18-13)12-16-11(17-19-12)14(15)8-4-2-3-5-9-14/h2-10,15H2,1H3. The first kappa shape index (κ1) is 13.1. The number of hydrogen-bond acceptors (Lipinski definition) is 5. The molecule has 1 aromatic rings. The summed E-state index contributed by atoms with van der Waals surface area (Å²) in [6.07, 6.45) is 8.68. The topological polar surface area (TPSA) is 74.2 Å². The normalized spacial score (nSPS) is 31.3. The minimum absolute atomic E-state index is 0.410. The molecule has 1 saturated carbocycles. The van der Waals surface area contributed by atoms with Crippen LogP contribution in [0.5, 0.6) is 0 Å². The highest BCUT2D eigenvalue weighted by Gasteiger charge is 2.40. The summed E-state index contributed by atoms with van der Waals surface area (Å²) in [6.45, 7) is 2.79. The van der Waals surface area contributed by atoms with Crippen molar-refractivity contribution in [1.82, 2.24) is 10.1 Å². The van der Waals surface area contributed by atoms with Crippen molar-refractivity contribution in [3.63, 3.8) is 0 Å². The van der Waals surface area contributed by atoms with Crippen molar-refractivity contribution in [1.29, 1.82) is 0 Å². The Labute approximate surface area is 113 Å². The largest absolute Gasteiger partial charge is 0.365 e. The highest BCUT2D eigenvalue weighted by molar-refractivity contribution is 5.08. The predicted octanol–water partition coefficient (Wildman–Crippen LogP) is 2.60. The first-order valence-corrected chi connectivity index (χ1v) is 7.40. The van der Waals surface area contributed by atoms with Gasteiger partial charge in [0.15, 0.2) is 5.82 Å². The number of hydrogen-bond donors (Lipinski definition) is 1. The highest BCUT2D eigenvalue weighted by atomic mass is 16.5. The highest BCUT2D eigenvalue weighted by Crippen LogP contribution is 2.37. The van der Waals surface area contributed by atoms with Gasteiger partial charge in [-0.1, -0.05) is 30.8 Å². The lowest BCUT2D eigenvalue weighted by atomic mass is 9.90. The summed E-state index contributed by atoms with van der Waals surface area (Å²) in [6, 6.07) is 0. The maximum absolute atomic E-state index is 6.51. The van der Waals surface area contributed by atoms with E-state index in [0.717, 1.165) is 45.1 Å². The average molecular weight is 265 g/mol. The summed E-state index contributed by atoms with van der Waals surface area (Å²) < 4.78 is 11.2. The molecule has 0 amide bonds. The molecule has 2 N–H and O–H groups in total. The molecule has 2 fully saturated rings. The van der Waals surface area contributed by atoms with Crippen LogP contribution in [0.3, 0.4) is 0 Å². The van der Waals surface area contributed by atoms with Gasteiger partial charge in [-0.3, -0.25) is 0 Å². The summed E-state index contributed by atoms with van der Waals surface area (Å²) in [4.78, 5) is 4.57. The Morgan fingerprint density at radius 2 is 1.79 bits per heavy atom. The zero-order valence-electron chi connectivity index (χ0n) is 11.7. The Morgan fingerprint density at radius 3 is 2.42 bits per heavy atom. The van der Waals surface area contributed by atoms with Gasteiger partial charge in [0.1, 0.15) is 5.60 Å². The van der Waals surface area contributed by atoms with Gasteiger partial charge in [-0.05, 0) is 32.6 Å². The second-order valence-corrected chi connectivity index (χ2v) is 6.18. The molecule has 1 saturated heterocycles. The van der Waals surface area contributed by atoms with Crippen LogP contribution in [0.1, 0.15) is 70.0 Å². The van der Waals surface area contributed by atoms with Gasteiger partial charge in [0.05, 0.1) is 5.54 Å². The van der Waals surface area contributed by atoms with E-state index in [1.54, 1.807) is 0 Å². The molecule has 19 heavy (non-hydrogen) atoms. The molecular formula is C14H23N3O2. The van der Waals surface area contributed by atoms with E-state index in [1.165, 1.54) is 12.8 Å². The molecule has 1 atom stereocenters. The van der Waals surface area contributed by atoms with Gasteiger partial charge in [0.25, 0.3) is 5.89 Å². The van der Waals surface area contributed by atoms with Gasteiger partial charge in [-0.2, -0.15) is 4.98 Å². The third-order valence-corrected chi connectivity index (χ3v) is 4.54. The second-order valence-electron chi connectivity index (χ2n) is 6.18. The Morgan fingerprint density at radius 1 is 1.05 bits per heavy atom. The van der Waals surface area contributed by atoms with E-state index in [2.05, 4.69) is 10.1 Å². The zero-order chi connectivity index (χ0) is 13.3. The first-order valence-electron chi connectivity index (χ1n) is 7.40. The smallest absolute Gasteiger partial charge is 0.258 e. The SMILES string of the molecule is CC1(c2nc(C3(N)CCCCCC3)no2)CCCO1. The summed E-state index contributed by atoms with van der Waals surface area (Å²) in [7, 11) is 0. The molecule has 5 heteroatoms. The predicted molar refractivity (Wildman–Crippen MR) is 70.4 cm³/mol. The van der Waals surface area contributed by atoms with Crippen molar-refractivity contribution in [3.05, 3.63) is 11.7 Å². The molecule has 0 radical (unpaired) electrons. The fourth-order valence-electron chi connectivity index (χ4n) is 3.17. The average Bonchev–Trinajstić information content (AvgIpc) is 2.99. The molecular weight excluding hydrogens is 242 g/mol. The van der Waals surface area contributed by atoms with E-state index in [1.807, 2.05) is 6.92 Å². The number of aromatic nitrogens is 2. The summed E-state index contributed by atoms with van der Waals surface area (Å²) >= 11 is 0. The summed E-state index contributed by atoms with van der Waals surface area (Å²) in [5.41, 5.74) is 5.69. The van der Waals surface area contributed by atoms with Crippen LogP contribution in [0.25, 0.3) is 0 Å². The Kier molecular flexibility index (Phi) is 3.35. The quantitative estimate of drug-likeness (QED) is 0.832. The van der Waals surface area contributed by atoms with Crippen LogP contribution in [-0.2, 0) is 15.9 Å². The Hall–Kier alpha value is -0.940. The second kappa shape index (κ2) is 4.87. The molecule has 2 aliphatic rings. The van der Waals surface area contributed by atoms with Crippen molar-refractivity contribution >= 4 is 0 Å². The van der Waals surface area contributed by atoms with Crippen LogP contribution in [0.4, 0.5) is 0 Å². The van der Waals surface area contributed by atoms with Crippen molar-refractivity contribution in [3.8, 4) is 0 Å². The number of rotatable bonds is 2. The van der Waals surface area contributed by atoms with E-state index in [-0.39, 0.29) is 0 Å². The third-order valence-electron chi connectivity index (χ3n) is 4.54. The van der Waals surface area contributed by atoms with Gasteiger partial charge in [0, 0.05) is 6.61 Å². The lowest BCUT2D eigenvalue weighted by Gasteiger charge is -2.23.